The van der Waals surface area contributed by atoms with Crippen LogP contribution in [0.3, 0.4) is 0 Å². The molecular weight excluding hydrogens is 360 g/mol. The molecule has 27 heavy (non-hydrogen) atoms. The summed E-state index contributed by atoms with van der Waals surface area (Å²) in [7, 11) is -2.83. The number of benzene rings is 1. The number of sulfone groups is 1. The molecule has 0 unspecified atom stereocenters. The van der Waals surface area contributed by atoms with Gasteiger partial charge >= 0.3 is 0 Å². The standard InChI is InChI=1S/C20H28N4O2S/c1-2-23-9-3-4-16-12-17(5-6-19(16)23)20-13-21-15-24(20)10-8-22-18-7-11-27(25,26)14-18/h5-6,12-13,15,18,22H,2-4,7-11,14H2,1H3/t18-/m1/s1. The molecule has 2 aliphatic heterocycles. The van der Waals surface area contributed by atoms with Gasteiger partial charge in [0.25, 0.3) is 0 Å². The van der Waals surface area contributed by atoms with Crippen molar-refractivity contribution in [1.82, 2.24) is 14.9 Å². The van der Waals surface area contributed by atoms with Gasteiger partial charge in [0, 0.05) is 43.5 Å². The van der Waals surface area contributed by atoms with Crippen molar-refractivity contribution in [2.75, 3.05) is 36.0 Å². The zero-order valence-corrected chi connectivity index (χ0v) is 16.7. The maximum atomic E-state index is 11.6. The molecule has 1 N–H and O–H groups in total. The van der Waals surface area contributed by atoms with Crippen LogP contribution in [0.5, 0.6) is 0 Å². The Hall–Kier alpha value is -1.86. The number of anilines is 1. The molecule has 1 fully saturated rings. The number of hydrogen-bond acceptors (Lipinski definition) is 5. The second kappa shape index (κ2) is 7.64. The summed E-state index contributed by atoms with van der Waals surface area (Å²) in [6, 6.07) is 6.83. The molecule has 1 aromatic heterocycles. The van der Waals surface area contributed by atoms with Gasteiger partial charge in [-0.3, -0.25) is 0 Å². The van der Waals surface area contributed by atoms with Crippen molar-refractivity contribution in [2.24, 2.45) is 0 Å². The van der Waals surface area contributed by atoms with Crippen LogP contribution in [0.1, 0.15) is 25.3 Å². The monoisotopic (exact) mass is 388 g/mol. The Morgan fingerprint density at radius 2 is 2.22 bits per heavy atom. The van der Waals surface area contributed by atoms with E-state index in [0.29, 0.717) is 5.75 Å². The molecule has 0 aliphatic carbocycles. The highest BCUT2D eigenvalue weighted by Crippen LogP contribution is 2.31. The van der Waals surface area contributed by atoms with Crippen LogP contribution in [0.4, 0.5) is 5.69 Å². The SMILES string of the molecule is CCN1CCCc2cc(-c3cncn3CCN[C@@H]3CCS(=O)(=O)C3)ccc21. The van der Waals surface area contributed by atoms with Crippen molar-refractivity contribution >= 4 is 15.5 Å². The van der Waals surface area contributed by atoms with E-state index in [1.165, 1.54) is 23.2 Å². The van der Waals surface area contributed by atoms with E-state index in [0.717, 1.165) is 44.7 Å². The highest BCUT2D eigenvalue weighted by atomic mass is 32.2. The largest absolute Gasteiger partial charge is 0.372 e. The lowest BCUT2D eigenvalue weighted by Gasteiger charge is -2.30. The smallest absolute Gasteiger partial charge is 0.151 e. The topological polar surface area (TPSA) is 67.2 Å². The molecule has 2 aromatic rings. The van der Waals surface area contributed by atoms with Crippen LogP contribution in [0.15, 0.2) is 30.7 Å². The van der Waals surface area contributed by atoms with Crippen LogP contribution in [0.25, 0.3) is 11.3 Å². The Morgan fingerprint density at radius 3 is 3.00 bits per heavy atom. The van der Waals surface area contributed by atoms with E-state index in [-0.39, 0.29) is 11.8 Å². The molecule has 4 rings (SSSR count). The van der Waals surface area contributed by atoms with Crippen molar-refractivity contribution in [1.29, 1.82) is 0 Å². The summed E-state index contributed by atoms with van der Waals surface area (Å²) < 4.78 is 25.3. The summed E-state index contributed by atoms with van der Waals surface area (Å²) in [5.74, 6) is 0.577. The highest BCUT2D eigenvalue weighted by Gasteiger charge is 2.27. The molecular formula is C20H28N4O2S. The second-order valence-corrected chi connectivity index (χ2v) is 9.78. The third-order valence-electron chi connectivity index (χ3n) is 5.70. The number of rotatable bonds is 6. The normalized spacial score (nSPS) is 21.4. The van der Waals surface area contributed by atoms with E-state index in [1.807, 2.05) is 12.5 Å². The van der Waals surface area contributed by atoms with Gasteiger partial charge in [0.15, 0.2) is 9.84 Å². The zero-order chi connectivity index (χ0) is 18.9. The molecule has 0 bridgehead atoms. The maximum absolute atomic E-state index is 11.6. The molecule has 3 heterocycles. The molecule has 0 radical (unpaired) electrons. The Labute approximate surface area is 161 Å². The van der Waals surface area contributed by atoms with Crippen molar-refractivity contribution in [3.63, 3.8) is 0 Å². The number of aryl methyl sites for hydroxylation is 1. The van der Waals surface area contributed by atoms with Crippen LogP contribution >= 0.6 is 0 Å². The quantitative estimate of drug-likeness (QED) is 0.821. The van der Waals surface area contributed by atoms with E-state index in [2.05, 4.69) is 44.9 Å². The van der Waals surface area contributed by atoms with Crippen molar-refractivity contribution < 1.29 is 8.42 Å². The lowest BCUT2D eigenvalue weighted by atomic mass is 9.98. The number of imidazole rings is 1. The van der Waals surface area contributed by atoms with Gasteiger partial charge < -0.3 is 14.8 Å². The Balaban J connectivity index is 1.44. The van der Waals surface area contributed by atoms with Crippen molar-refractivity contribution in [3.05, 3.63) is 36.3 Å². The first-order valence-corrected chi connectivity index (χ1v) is 11.7. The minimum atomic E-state index is -2.83. The molecule has 1 saturated heterocycles. The van der Waals surface area contributed by atoms with Crippen LogP contribution < -0.4 is 10.2 Å². The third-order valence-corrected chi connectivity index (χ3v) is 7.47. The molecule has 1 atom stereocenters. The zero-order valence-electron chi connectivity index (χ0n) is 15.9. The molecule has 0 saturated carbocycles. The minimum Gasteiger partial charge on any atom is -0.372 e. The fraction of sp³-hybridized carbons (Fsp3) is 0.550. The predicted octanol–water partition coefficient (Wildman–Crippen LogP) is 2.10. The number of fused-ring (bicyclic) bond motifs is 1. The van der Waals surface area contributed by atoms with Crippen LogP contribution in [0.2, 0.25) is 0 Å². The van der Waals surface area contributed by atoms with E-state index in [4.69, 9.17) is 0 Å². The fourth-order valence-electron chi connectivity index (χ4n) is 4.25. The predicted molar refractivity (Wildman–Crippen MR) is 109 cm³/mol. The number of nitrogens with zero attached hydrogens (tertiary/aromatic N) is 3. The Kier molecular flexibility index (Phi) is 5.23. The van der Waals surface area contributed by atoms with E-state index >= 15 is 0 Å². The van der Waals surface area contributed by atoms with Crippen LogP contribution in [-0.4, -0.2) is 55.2 Å². The summed E-state index contributed by atoms with van der Waals surface area (Å²) in [5.41, 5.74) is 5.10. The highest BCUT2D eigenvalue weighted by molar-refractivity contribution is 7.91. The molecule has 0 spiro atoms. The average molecular weight is 389 g/mol. The second-order valence-electron chi connectivity index (χ2n) is 7.55. The Morgan fingerprint density at radius 1 is 1.33 bits per heavy atom. The van der Waals surface area contributed by atoms with Gasteiger partial charge in [-0.2, -0.15) is 0 Å². The first-order chi connectivity index (χ1) is 13.1. The molecule has 2 aliphatic rings. The van der Waals surface area contributed by atoms with Crippen molar-refractivity contribution in [3.8, 4) is 11.3 Å². The number of aromatic nitrogens is 2. The lowest BCUT2D eigenvalue weighted by molar-refractivity contribution is 0.521. The van der Waals surface area contributed by atoms with E-state index < -0.39 is 9.84 Å². The summed E-state index contributed by atoms with van der Waals surface area (Å²) >= 11 is 0. The molecule has 7 heteroatoms. The summed E-state index contributed by atoms with van der Waals surface area (Å²) in [5, 5.41) is 3.38. The summed E-state index contributed by atoms with van der Waals surface area (Å²) in [6.45, 7) is 5.93. The third kappa shape index (κ3) is 4.04. The minimum absolute atomic E-state index is 0.0887. The van der Waals surface area contributed by atoms with Gasteiger partial charge in [-0.25, -0.2) is 13.4 Å². The van der Waals surface area contributed by atoms with E-state index in [1.54, 1.807) is 0 Å². The van der Waals surface area contributed by atoms with Crippen LogP contribution in [-0.2, 0) is 22.8 Å². The number of hydrogen-bond donors (Lipinski definition) is 1. The summed E-state index contributed by atoms with van der Waals surface area (Å²) in [4.78, 5) is 6.79. The van der Waals surface area contributed by atoms with Gasteiger partial charge in [0.1, 0.15) is 0 Å². The van der Waals surface area contributed by atoms with Crippen molar-refractivity contribution in [2.45, 2.75) is 38.8 Å². The fourth-order valence-corrected chi connectivity index (χ4v) is 5.96. The number of nitrogens with one attached hydrogen (secondary N) is 1. The van der Waals surface area contributed by atoms with Gasteiger partial charge in [-0.15, -0.1) is 0 Å². The van der Waals surface area contributed by atoms with Gasteiger partial charge in [-0.1, -0.05) is 6.07 Å². The maximum Gasteiger partial charge on any atom is 0.151 e. The first-order valence-electron chi connectivity index (χ1n) is 9.88. The molecule has 146 valence electrons. The lowest BCUT2D eigenvalue weighted by Crippen LogP contribution is -2.32. The van der Waals surface area contributed by atoms with Gasteiger partial charge in [-0.05, 0) is 43.9 Å². The first kappa shape index (κ1) is 18.5. The molecule has 6 nitrogen and oxygen atoms in total. The van der Waals surface area contributed by atoms with Gasteiger partial charge in [0.2, 0.25) is 0 Å². The average Bonchev–Trinajstić information content (AvgIpc) is 3.27. The van der Waals surface area contributed by atoms with Gasteiger partial charge in [0.05, 0.1) is 29.7 Å². The van der Waals surface area contributed by atoms with Crippen LogP contribution in [0, 0.1) is 0 Å². The molecule has 1 aromatic carbocycles. The van der Waals surface area contributed by atoms with E-state index in [9.17, 15) is 8.42 Å². The summed E-state index contributed by atoms with van der Waals surface area (Å²) in [6.07, 6.45) is 6.84. The Bertz CT molecular complexity index is 906. The molecule has 0 amide bonds.